The first-order valence-corrected chi connectivity index (χ1v) is 6.36. The van der Waals surface area contributed by atoms with E-state index in [4.69, 9.17) is 10.5 Å². The van der Waals surface area contributed by atoms with Crippen LogP contribution in [0.4, 0.5) is 0 Å². The van der Waals surface area contributed by atoms with Crippen LogP contribution >= 0.6 is 0 Å². The number of benzene rings is 1. The number of hydrogen-bond donors (Lipinski definition) is 2. The van der Waals surface area contributed by atoms with Crippen molar-refractivity contribution in [2.24, 2.45) is 11.7 Å². The summed E-state index contributed by atoms with van der Waals surface area (Å²) in [5, 5.41) is 0. The molecule has 0 saturated heterocycles. The zero-order chi connectivity index (χ0) is 14.0. The minimum absolute atomic E-state index is 0.268. The Labute approximate surface area is 112 Å². The third-order valence-electron chi connectivity index (χ3n) is 3.39. The number of rotatable bonds is 4. The minimum atomic E-state index is -0.370. The van der Waals surface area contributed by atoms with Gasteiger partial charge in [0.05, 0.1) is 24.1 Å². The van der Waals surface area contributed by atoms with Crippen molar-refractivity contribution >= 4 is 17.0 Å². The number of carbonyl (C=O) groups is 1. The van der Waals surface area contributed by atoms with E-state index in [1.807, 2.05) is 32.0 Å². The van der Waals surface area contributed by atoms with Crippen molar-refractivity contribution in [2.45, 2.75) is 26.3 Å². The number of imidazole rings is 1. The van der Waals surface area contributed by atoms with Gasteiger partial charge in [0.15, 0.2) is 0 Å². The maximum Gasteiger partial charge on any atom is 0.310 e. The third kappa shape index (κ3) is 2.61. The van der Waals surface area contributed by atoms with Crippen LogP contribution in [0.3, 0.4) is 0 Å². The molecule has 0 aliphatic heterocycles. The smallest absolute Gasteiger partial charge is 0.310 e. The average Bonchev–Trinajstić information content (AvgIpc) is 2.77. The quantitative estimate of drug-likeness (QED) is 0.825. The van der Waals surface area contributed by atoms with Crippen LogP contribution in [0.5, 0.6) is 0 Å². The van der Waals surface area contributed by atoms with E-state index in [0.29, 0.717) is 6.42 Å². The van der Waals surface area contributed by atoms with Crippen LogP contribution in [-0.4, -0.2) is 23.0 Å². The molecule has 3 N–H and O–H groups in total. The molecule has 102 valence electrons. The molecule has 0 bridgehead atoms. The molecule has 1 aromatic heterocycles. The van der Waals surface area contributed by atoms with Crippen molar-refractivity contribution in [2.75, 3.05) is 7.11 Å². The Balaban J connectivity index is 2.34. The highest BCUT2D eigenvalue weighted by molar-refractivity contribution is 5.77. The van der Waals surface area contributed by atoms with Crippen LogP contribution in [0, 0.1) is 12.8 Å². The van der Waals surface area contributed by atoms with Gasteiger partial charge in [0, 0.05) is 6.04 Å². The van der Waals surface area contributed by atoms with Gasteiger partial charge in [0.1, 0.15) is 5.82 Å². The number of aromatic nitrogens is 2. The second kappa shape index (κ2) is 5.40. The summed E-state index contributed by atoms with van der Waals surface area (Å²) in [4.78, 5) is 19.2. The highest BCUT2D eigenvalue weighted by atomic mass is 16.5. The molecule has 0 fully saturated rings. The summed E-state index contributed by atoms with van der Waals surface area (Å²) in [5.74, 6) is 0.267. The van der Waals surface area contributed by atoms with Crippen molar-refractivity contribution in [1.82, 2.24) is 9.97 Å². The fraction of sp³-hybridized carbons (Fsp3) is 0.429. The first-order valence-electron chi connectivity index (χ1n) is 6.36. The van der Waals surface area contributed by atoms with Crippen LogP contribution in [-0.2, 0) is 9.53 Å². The molecule has 1 heterocycles. The lowest BCUT2D eigenvalue weighted by molar-refractivity contribution is -0.146. The first kappa shape index (κ1) is 13.5. The fourth-order valence-electron chi connectivity index (χ4n) is 2.31. The molecule has 0 aliphatic carbocycles. The molecule has 5 nitrogen and oxygen atoms in total. The summed E-state index contributed by atoms with van der Waals surface area (Å²) >= 11 is 0. The van der Waals surface area contributed by atoms with E-state index < -0.39 is 0 Å². The highest BCUT2D eigenvalue weighted by Gasteiger charge is 2.26. The standard InChI is InChI=1S/C14H19N3O2/c1-4-10(14(18)19-3)13(15)9-5-6-11-12(7-9)17-8(2)16-11/h5-7,10,13H,4,15H2,1-3H3,(H,16,17). The van der Waals surface area contributed by atoms with Crippen LogP contribution in [0.15, 0.2) is 18.2 Å². The molecule has 0 radical (unpaired) electrons. The predicted molar refractivity (Wildman–Crippen MR) is 73.6 cm³/mol. The number of aromatic amines is 1. The van der Waals surface area contributed by atoms with Crippen LogP contribution in [0.1, 0.15) is 30.8 Å². The van der Waals surface area contributed by atoms with Crippen LogP contribution < -0.4 is 5.73 Å². The van der Waals surface area contributed by atoms with Gasteiger partial charge in [-0.1, -0.05) is 13.0 Å². The molecule has 2 atom stereocenters. The number of methoxy groups -OCH3 is 1. The summed E-state index contributed by atoms with van der Waals surface area (Å²) in [6.07, 6.45) is 0.647. The summed E-state index contributed by atoms with van der Waals surface area (Å²) in [6.45, 7) is 3.84. The SMILES string of the molecule is CCC(C(=O)OC)C(N)c1ccc2nc(C)[nH]c2c1. The lowest BCUT2D eigenvalue weighted by atomic mass is 9.91. The molecule has 2 aromatic rings. The predicted octanol–water partition coefficient (Wildman–Crippen LogP) is 2.07. The number of H-pyrrole nitrogens is 1. The molecule has 1 aromatic carbocycles. The second-order valence-corrected chi connectivity index (χ2v) is 4.66. The molecule has 0 aliphatic rings. The van der Waals surface area contributed by atoms with Gasteiger partial charge in [-0.25, -0.2) is 4.98 Å². The van der Waals surface area contributed by atoms with E-state index in [0.717, 1.165) is 22.4 Å². The number of aryl methyl sites for hydroxylation is 1. The minimum Gasteiger partial charge on any atom is -0.469 e. The Morgan fingerprint density at radius 1 is 1.53 bits per heavy atom. The molecule has 2 unspecified atom stereocenters. The van der Waals surface area contributed by atoms with Crippen molar-refractivity contribution in [1.29, 1.82) is 0 Å². The number of nitrogens with two attached hydrogens (primary N) is 1. The summed E-state index contributed by atoms with van der Waals surface area (Å²) < 4.78 is 4.80. The maximum atomic E-state index is 11.7. The molecule has 2 rings (SSSR count). The van der Waals surface area contributed by atoms with Crippen LogP contribution in [0.25, 0.3) is 11.0 Å². The summed E-state index contributed by atoms with van der Waals surface area (Å²) in [5.41, 5.74) is 8.94. The molecule has 0 spiro atoms. The molecular formula is C14H19N3O2. The van der Waals surface area contributed by atoms with Gasteiger partial charge in [-0.05, 0) is 31.0 Å². The van der Waals surface area contributed by atoms with Gasteiger partial charge >= 0.3 is 5.97 Å². The van der Waals surface area contributed by atoms with E-state index in [-0.39, 0.29) is 17.9 Å². The largest absolute Gasteiger partial charge is 0.469 e. The lowest BCUT2D eigenvalue weighted by Gasteiger charge is -2.20. The van der Waals surface area contributed by atoms with Crippen LogP contribution in [0.2, 0.25) is 0 Å². The second-order valence-electron chi connectivity index (χ2n) is 4.66. The Morgan fingerprint density at radius 2 is 2.26 bits per heavy atom. The number of hydrogen-bond acceptors (Lipinski definition) is 4. The monoisotopic (exact) mass is 261 g/mol. The van der Waals surface area contributed by atoms with Crippen molar-refractivity contribution in [3.63, 3.8) is 0 Å². The Hall–Kier alpha value is -1.88. The normalized spacial score (nSPS) is 14.3. The van der Waals surface area contributed by atoms with Gasteiger partial charge in [0.25, 0.3) is 0 Å². The number of ether oxygens (including phenoxy) is 1. The van der Waals surface area contributed by atoms with Crippen molar-refractivity contribution < 1.29 is 9.53 Å². The molecule has 0 amide bonds. The van der Waals surface area contributed by atoms with Gasteiger partial charge in [-0.2, -0.15) is 0 Å². The van der Waals surface area contributed by atoms with E-state index in [9.17, 15) is 4.79 Å². The Kier molecular flexibility index (Phi) is 3.85. The van der Waals surface area contributed by atoms with Crippen molar-refractivity contribution in [3.8, 4) is 0 Å². The average molecular weight is 261 g/mol. The van der Waals surface area contributed by atoms with E-state index in [1.165, 1.54) is 7.11 Å². The number of nitrogens with zero attached hydrogens (tertiary/aromatic N) is 1. The Morgan fingerprint density at radius 3 is 2.89 bits per heavy atom. The first-order chi connectivity index (χ1) is 9.06. The number of nitrogens with one attached hydrogen (secondary N) is 1. The number of carbonyl (C=O) groups excluding carboxylic acids is 1. The zero-order valence-corrected chi connectivity index (χ0v) is 11.4. The topological polar surface area (TPSA) is 81.0 Å². The maximum absolute atomic E-state index is 11.7. The molecule has 19 heavy (non-hydrogen) atoms. The van der Waals surface area contributed by atoms with E-state index in [2.05, 4.69) is 9.97 Å². The highest BCUT2D eigenvalue weighted by Crippen LogP contribution is 2.25. The molecular weight excluding hydrogens is 242 g/mol. The van der Waals surface area contributed by atoms with Crippen molar-refractivity contribution in [3.05, 3.63) is 29.6 Å². The van der Waals surface area contributed by atoms with E-state index >= 15 is 0 Å². The lowest BCUT2D eigenvalue weighted by Crippen LogP contribution is -2.28. The Bertz CT molecular complexity index is 591. The van der Waals surface area contributed by atoms with Gasteiger partial charge in [-0.3, -0.25) is 4.79 Å². The molecule has 5 heteroatoms. The summed E-state index contributed by atoms with van der Waals surface area (Å²) in [6, 6.07) is 5.41. The summed E-state index contributed by atoms with van der Waals surface area (Å²) in [7, 11) is 1.39. The number of esters is 1. The van der Waals surface area contributed by atoms with Gasteiger partial charge in [-0.15, -0.1) is 0 Å². The van der Waals surface area contributed by atoms with E-state index in [1.54, 1.807) is 0 Å². The number of fused-ring (bicyclic) bond motifs is 1. The van der Waals surface area contributed by atoms with Gasteiger partial charge < -0.3 is 15.5 Å². The molecule has 0 saturated carbocycles. The van der Waals surface area contributed by atoms with Gasteiger partial charge in [0.2, 0.25) is 0 Å². The fourth-order valence-corrected chi connectivity index (χ4v) is 2.31. The zero-order valence-electron chi connectivity index (χ0n) is 11.4. The third-order valence-corrected chi connectivity index (χ3v) is 3.39.